The maximum Gasteiger partial charge on any atom is 0.177 e. The highest BCUT2D eigenvalue weighted by Crippen LogP contribution is 2.54. The van der Waals surface area contributed by atoms with E-state index < -0.39 is 0 Å². The van der Waals surface area contributed by atoms with E-state index in [4.69, 9.17) is 5.10 Å². The predicted molar refractivity (Wildman–Crippen MR) is 104 cm³/mol. The SMILES string of the molecule is Cc1nnc2ccc(-c3cc(C4CC4c4cnc5c(c4)CCN5)nn3C)nn12. The third kappa shape index (κ3) is 2.33. The lowest BCUT2D eigenvalue weighted by atomic mass is 10.1. The Morgan fingerprint density at radius 3 is 2.96 bits per heavy atom. The highest BCUT2D eigenvalue weighted by Gasteiger charge is 2.42. The minimum absolute atomic E-state index is 0.453. The van der Waals surface area contributed by atoms with Crippen molar-refractivity contribution in [3.05, 3.63) is 53.1 Å². The number of rotatable bonds is 3. The van der Waals surface area contributed by atoms with Crippen LogP contribution in [0.3, 0.4) is 0 Å². The third-order valence-corrected chi connectivity index (χ3v) is 5.85. The summed E-state index contributed by atoms with van der Waals surface area (Å²) in [6, 6.07) is 8.41. The molecule has 1 fully saturated rings. The number of fused-ring (bicyclic) bond motifs is 2. The highest BCUT2D eigenvalue weighted by atomic mass is 15.4. The van der Waals surface area contributed by atoms with Crippen LogP contribution in [-0.4, -0.2) is 41.1 Å². The van der Waals surface area contributed by atoms with Gasteiger partial charge in [0.2, 0.25) is 0 Å². The van der Waals surface area contributed by atoms with Gasteiger partial charge in [0.25, 0.3) is 0 Å². The van der Waals surface area contributed by atoms with Crippen LogP contribution >= 0.6 is 0 Å². The topological polar surface area (TPSA) is 85.8 Å². The van der Waals surface area contributed by atoms with E-state index in [-0.39, 0.29) is 0 Å². The van der Waals surface area contributed by atoms with Gasteiger partial charge >= 0.3 is 0 Å². The summed E-state index contributed by atoms with van der Waals surface area (Å²) in [6.07, 6.45) is 4.22. The van der Waals surface area contributed by atoms with Gasteiger partial charge in [0, 0.05) is 25.7 Å². The molecule has 0 aromatic carbocycles. The molecular weight excluding hydrogens is 352 g/mol. The molecule has 8 nitrogen and oxygen atoms in total. The van der Waals surface area contributed by atoms with E-state index in [1.165, 1.54) is 11.1 Å². The molecular formula is C20H20N8. The molecule has 28 heavy (non-hydrogen) atoms. The van der Waals surface area contributed by atoms with Crippen molar-refractivity contribution in [1.29, 1.82) is 0 Å². The molecule has 5 heterocycles. The molecule has 1 aliphatic heterocycles. The Kier molecular flexibility index (Phi) is 3.15. The van der Waals surface area contributed by atoms with E-state index in [2.05, 4.69) is 37.7 Å². The largest absolute Gasteiger partial charge is 0.370 e. The van der Waals surface area contributed by atoms with Crippen molar-refractivity contribution in [3.63, 3.8) is 0 Å². The molecule has 0 spiro atoms. The summed E-state index contributed by atoms with van der Waals surface area (Å²) >= 11 is 0. The van der Waals surface area contributed by atoms with Crippen molar-refractivity contribution in [2.45, 2.75) is 31.6 Å². The molecule has 4 aromatic rings. The fourth-order valence-electron chi connectivity index (χ4n) is 4.23. The lowest BCUT2D eigenvalue weighted by molar-refractivity contribution is 0.741. The molecule has 4 aromatic heterocycles. The maximum absolute atomic E-state index is 4.79. The van der Waals surface area contributed by atoms with Gasteiger partial charge in [-0.1, -0.05) is 6.07 Å². The smallest absolute Gasteiger partial charge is 0.177 e. The zero-order valence-electron chi connectivity index (χ0n) is 15.8. The van der Waals surface area contributed by atoms with Crippen LogP contribution in [0.5, 0.6) is 0 Å². The Bertz CT molecular complexity index is 1220. The first-order valence-corrected chi connectivity index (χ1v) is 9.63. The van der Waals surface area contributed by atoms with E-state index >= 15 is 0 Å². The Balaban J connectivity index is 1.31. The lowest BCUT2D eigenvalue weighted by Crippen LogP contribution is -2.00. The van der Waals surface area contributed by atoms with Crippen molar-refractivity contribution in [2.75, 3.05) is 11.9 Å². The van der Waals surface area contributed by atoms with Crippen molar-refractivity contribution >= 4 is 11.5 Å². The molecule has 0 amide bonds. The predicted octanol–water partition coefficient (Wildman–Crippen LogP) is 2.47. The molecule has 2 aliphatic rings. The number of hydrogen-bond acceptors (Lipinski definition) is 6. The van der Waals surface area contributed by atoms with Gasteiger partial charge in [-0.3, -0.25) is 4.68 Å². The number of pyridine rings is 1. The minimum atomic E-state index is 0.453. The van der Waals surface area contributed by atoms with Crippen LogP contribution < -0.4 is 5.32 Å². The first-order chi connectivity index (χ1) is 13.7. The summed E-state index contributed by atoms with van der Waals surface area (Å²) in [5.41, 5.74) is 6.44. The van der Waals surface area contributed by atoms with Crippen LogP contribution in [0.25, 0.3) is 17.0 Å². The number of nitrogens with one attached hydrogen (secondary N) is 1. The van der Waals surface area contributed by atoms with Crippen molar-refractivity contribution in [1.82, 2.24) is 34.6 Å². The summed E-state index contributed by atoms with van der Waals surface area (Å²) in [4.78, 5) is 4.59. The summed E-state index contributed by atoms with van der Waals surface area (Å²) < 4.78 is 3.69. The fraction of sp³-hybridized carbons (Fsp3) is 0.350. The molecule has 140 valence electrons. The van der Waals surface area contributed by atoms with Gasteiger partial charge in [-0.2, -0.15) is 14.7 Å². The third-order valence-electron chi connectivity index (χ3n) is 5.85. The van der Waals surface area contributed by atoms with Gasteiger partial charge < -0.3 is 5.32 Å². The van der Waals surface area contributed by atoms with E-state index in [1.54, 1.807) is 4.52 Å². The van der Waals surface area contributed by atoms with Crippen LogP contribution in [0.4, 0.5) is 5.82 Å². The van der Waals surface area contributed by atoms with E-state index in [0.717, 1.165) is 53.8 Å². The van der Waals surface area contributed by atoms with Crippen molar-refractivity contribution < 1.29 is 0 Å². The van der Waals surface area contributed by atoms with Crippen LogP contribution in [0.1, 0.15) is 40.9 Å². The average Bonchev–Trinajstić information content (AvgIpc) is 3.01. The Hall–Kier alpha value is -3.29. The number of aromatic nitrogens is 7. The molecule has 2 atom stereocenters. The van der Waals surface area contributed by atoms with Crippen LogP contribution in [0.2, 0.25) is 0 Å². The van der Waals surface area contributed by atoms with Gasteiger partial charge in [-0.15, -0.1) is 10.2 Å². The molecule has 1 saturated carbocycles. The normalized spacial score (nSPS) is 20.4. The zero-order valence-corrected chi connectivity index (χ0v) is 15.8. The molecule has 1 N–H and O–H groups in total. The number of anilines is 1. The second kappa shape index (κ2) is 5.60. The van der Waals surface area contributed by atoms with Crippen LogP contribution in [0, 0.1) is 6.92 Å². The van der Waals surface area contributed by atoms with E-state index in [9.17, 15) is 0 Å². The van der Waals surface area contributed by atoms with E-state index in [1.807, 2.05) is 37.0 Å². The second-order valence-electron chi connectivity index (χ2n) is 7.72. The van der Waals surface area contributed by atoms with Gasteiger partial charge in [0.05, 0.1) is 11.4 Å². The number of aryl methyl sites for hydroxylation is 2. The maximum atomic E-state index is 4.79. The first-order valence-electron chi connectivity index (χ1n) is 9.63. The standard InChI is InChI=1S/C20H20N8/c1-11-23-24-19-4-3-16(26-28(11)19)18-9-17(25-27(18)2)15-8-14(15)13-7-12-5-6-21-20(12)22-10-13/h3-4,7,9-10,14-15H,5-6,8H2,1-2H3,(H,21,22). The first kappa shape index (κ1) is 15.7. The zero-order chi connectivity index (χ0) is 18.8. The van der Waals surface area contributed by atoms with Gasteiger partial charge in [0.1, 0.15) is 11.5 Å². The van der Waals surface area contributed by atoms with Crippen LogP contribution in [0.15, 0.2) is 30.5 Å². The fourth-order valence-corrected chi connectivity index (χ4v) is 4.23. The monoisotopic (exact) mass is 372 g/mol. The number of nitrogens with zero attached hydrogens (tertiary/aromatic N) is 7. The molecule has 8 heteroatoms. The quantitative estimate of drug-likeness (QED) is 0.595. The van der Waals surface area contributed by atoms with Crippen LogP contribution in [-0.2, 0) is 13.5 Å². The Labute approximate surface area is 161 Å². The average molecular weight is 372 g/mol. The summed E-state index contributed by atoms with van der Waals surface area (Å²) in [5.74, 6) is 2.79. The Morgan fingerprint density at radius 1 is 1.11 bits per heavy atom. The summed E-state index contributed by atoms with van der Waals surface area (Å²) in [6.45, 7) is 2.90. The second-order valence-corrected chi connectivity index (χ2v) is 7.72. The van der Waals surface area contributed by atoms with Gasteiger partial charge in [-0.05, 0) is 55.0 Å². The lowest BCUT2D eigenvalue weighted by Gasteiger charge is -2.02. The van der Waals surface area contributed by atoms with Crippen molar-refractivity contribution in [3.8, 4) is 11.4 Å². The van der Waals surface area contributed by atoms with E-state index in [0.29, 0.717) is 11.8 Å². The molecule has 2 unspecified atom stereocenters. The van der Waals surface area contributed by atoms with Gasteiger partial charge in [0.15, 0.2) is 11.5 Å². The molecule has 0 saturated heterocycles. The highest BCUT2D eigenvalue weighted by molar-refractivity contribution is 5.58. The van der Waals surface area contributed by atoms with Gasteiger partial charge in [-0.25, -0.2) is 4.98 Å². The van der Waals surface area contributed by atoms with Crippen molar-refractivity contribution in [2.24, 2.45) is 7.05 Å². The molecule has 6 rings (SSSR count). The molecule has 0 radical (unpaired) electrons. The summed E-state index contributed by atoms with van der Waals surface area (Å²) in [7, 11) is 1.98. The minimum Gasteiger partial charge on any atom is -0.370 e. The molecule has 1 aliphatic carbocycles. The number of hydrogen-bond donors (Lipinski definition) is 1. The molecule has 0 bridgehead atoms. The summed E-state index contributed by atoms with van der Waals surface area (Å²) in [5, 5.41) is 21.0. The Morgan fingerprint density at radius 2 is 2.04 bits per heavy atom.